The molecule has 1 aliphatic heterocycles. The molecule has 7 unspecified atom stereocenters. The fourth-order valence-electron chi connectivity index (χ4n) is 5.98. The molecule has 1 fully saturated rings. The number of hydrogen-bond acceptors (Lipinski definition) is 8. The number of carbonyl (C=O) groups excluding carboxylic acids is 1. The Bertz CT molecular complexity index is 736. The van der Waals surface area contributed by atoms with Crippen molar-refractivity contribution in [2.75, 3.05) is 13.2 Å². The fourth-order valence-corrected chi connectivity index (χ4v) is 5.98. The molecule has 0 aliphatic carbocycles. The smallest absolute Gasteiger partial charge is 0.220 e. The van der Waals surface area contributed by atoms with Crippen molar-refractivity contribution in [2.24, 2.45) is 0 Å². The van der Waals surface area contributed by atoms with E-state index < -0.39 is 49.5 Å². The number of amides is 1. The summed E-state index contributed by atoms with van der Waals surface area (Å²) in [5, 5.41) is 53.7. The van der Waals surface area contributed by atoms with Gasteiger partial charge in [-0.3, -0.25) is 4.79 Å². The Morgan fingerprint density at radius 3 is 1.70 bits per heavy atom. The van der Waals surface area contributed by atoms with Crippen molar-refractivity contribution in [1.29, 1.82) is 0 Å². The predicted octanol–water partition coefficient (Wildman–Crippen LogP) is 6.22. The molecular formula is C37H71NO8. The van der Waals surface area contributed by atoms with Crippen molar-refractivity contribution in [3.63, 3.8) is 0 Å². The van der Waals surface area contributed by atoms with Crippen LogP contribution >= 0.6 is 0 Å². The second-order valence-electron chi connectivity index (χ2n) is 13.4. The second-order valence-corrected chi connectivity index (χ2v) is 13.4. The zero-order valence-electron chi connectivity index (χ0n) is 29.3. The van der Waals surface area contributed by atoms with Gasteiger partial charge in [0, 0.05) is 6.42 Å². The molecule has 0 aromatic rings. The summed E-state index contributed by atoms with van der Waals surface area (Å²) in [5.74, 6) is -0.185. The van der Waals surface area contributed by atoms with E-state index in [0.717, 1.165) is 38.5 Å². The minimum Gasteiger partial charge on any atom is -0.394 e. The first-order valence-corrected chi connectivity index (χ1v) is 18.9. The molecule has 1 saturated heterocycles. The Balaban J connectivity index is 2.42. The molecule has 0 radical (unpaired) electrons. The number of aliphatic hydroxyl groups excluding tert-OH is 5. The molecule has 9 nitrogen and oxygen atoms in total. The molecule has 1 rings (SSSR count). The first-order valence-electron chi connectivity index (χ1n) is 18.9. The maximum Gasteiger partial charge on any atom is 0.220 e. The predicted molar refractivity (Wildman–Crippen MR) is 184 cm³/mol. The summed E-state index contributed by atoms with van der Waals surface area (Å²) in [6, 6.07) is -0.794. The van der Waals surface area contributed by atoms with Crippen LogP contribution in [0.5, 0.6) is 0 Å². The number of hydrogen-bond donors (Lipinski definition) is 6. The van der Waals surface area contributed by atoms with E-state index in [1.165, 1.54) is 103 Å². The van der Waals surface area contributed by atoms with Gasteiger partial charge in [0.25, 0.3) is 0 Å². The van der Waals surface area contributed by atoms with Crippen molar-refractivity contribution in [3.8, 4) is 0 Å². The van der Waals surface area contributed by atoms with E-state index in [0.29, 0.717) is 6.42 Å². The third kappa shape index (κ3) is 20.3. The Morgan fingerprint density at radius 1 is 0.717 bits per heavy atom. The van der Waals surface area contributed by atoms with E-state index in [1.807, 2.05) is 6.08 Å². The minimum atomic E-state index is -1.56. The number of nitrogens with one attached hydrogen (secondary N) is 1. The standard InChI is InChI=1S/C37H71NO8/c1-3-5-7-9-11-12-13-14-15-16-17-18-19-21-22-24-26-31(40)30(38-33(41)27-25-23-20-10-8-6-4-2)29-45-37-36(44)35(43)34(42)32(28-39)46-37/h24,26,30-32,34-37,39-40,42-44H,3-23,25,27-29H2,1-2H3,(H,38,41)/b26-24+. The largest absolute Gasteiger partial charge is 0.394 e. The molecule has 7 atom stereocenters. The SMILES string of the molecule is CCCCCCCCCCCCCCCC/C=C/C(O)C(COC1OC(CO)C(O)C(O)C1O)NC(=O)CCCCCCCCC. The van der Waals surface area contributed by atoms with Gasteiger partial charge in [-0.1, -0.05) is 148 Å². The zero-order valence-corrected chi connectivity index (χ0v) is 29.3. The van der Waals surface area contributed by atoms with Gasteiger partial charge in [0.1, 0.15) is 24.4 Å². The fraction of sp³-hybridized carbons (Fsp3) is 0.919. The Labute approximate surface area is 280 Å². The van der Waals surface area contributed by atoms with Crippen molar-refractivity contribution >= 4 is 5.91 Å². The monoisotopic (exact) mass is 658 g/mol. The molecule has 0 spiro atoms. The van der Waals surface area contributed by atoms with Gasteiger partial charge in [-0.05, 0) is 19.3 Å². The summed E-state index contributed by atoms with van der Waals surface area (Å²) >= 11 is 0. The molecule has 1 heterocycles. The van der Waals surface area contributed by atoms with E-state index in [9.17, 15) is 30.3 Å². The van der Waals surface area contributed by atoms with Gasteiger partial charge >= 0.3 is 0 Å². The van der Waals surface area contributed by atoms with Crippen LogP contribution in [0.4, 0.5) is 0 Å². The average Bonchev–Trinajstić information content (AvgIpc) is 3.05. The van der Waals surface area contributed by atoms with Crippen LogP contribution < -0.4 is 5.32 Å². The number of ether oxygens (including phenoxy) is 2. The van der Waals surface area contributed by atoms with Gasteiger partial charge < -0.3 is 40.3 Å². The molecule has 9 heteroatoms. The third-order valence-corrected chi connectivity index (χ3v) is 9.11. The van der Waals surface area contributed by atoms with Gasteiger partial charge in [-0.2, -0.15) is 0 Å². The minimum absolute atomic E-state index is 0.185. The van der Waals surface area contributed by atoms with Gasteiger partial charge in [0.05, 0.1) is 25.4 Å². The lowest BCUT2D eigenvalue weighted by Gasteiger charge is -2.40. The first-order chi connectivity index (χ1) is 22.3. The van der Waals surface area contributed by atoms with Crippen molar-refractivity contribution < 1.29 is 39.8 Å². The molecule has 1 amide bonds. The van der Waals surface area contributed by atoms with Crippen LogP contribution in [-0.4, -0.2) is 87.5 Å². The topological polar surface area (TPSA) is 149 Å². The van der Waals surface area contributed by atoms with Crippen LogP contribution in [0.2, 0.25) is 0 Å². The highest BCUT2D eigenvalue weighted by Crippen LogP contribution is 2.22. The van der Waals surface area contributed by atoms with E-state index in [1.54, 1.807) is 6.08 Å². The molecule has 0 aromatic heterocycles. The lowest BCUT2D eigenvalue weighted by molar-refractivity contribution is -0.302. The highest BCUT2D eigenvalue weighted by Gasteiger charge is 2.44. The number of aliphatic hydroxyl groups is 5. The molecule has 46 heavy (non-hydrogen) atoms. The summed E-state index contributed by atoms with van der Waals surface area (Å²) in [4.78, 5) is 12.7. The quantitative estimate of drug-likeness (QED) is 0.0394. The van der Waals surface area contributed by atoms with Gasteiger partial charge in [-0.15, -0.1) is 0 Å². The van der Waals surface area contributed by atoms with E-state index in [-0.39, 0.29) is 12.5 Å². The van der Waals surface area contributed by atoms with Gasteiger partial charge in [0.2, 0.25) is 5.91 Å². The van der Waals surface area contributed by atoms with Crippen LogP contribution in [0.1, 0.15) is 162 Å². The van der Waals surface area contributed by atoms with Gasteiger partial charge in [-0.25, -0.2) is 0 Å². The normalized spacial score (nSPS) is 23.2. The van der Waals surface area contributed by atoms with Crippen LogP contribution in [0.25, 0.3) is 0 Å². The maximum atomic E-state index is 12.7. The lowest BCUT2D eigenvalue weighted by atomic mass is 9.99. The maximum absolute atomic E-state index is 12.7. The number of allylic oxidation sites excluding steroid dienone is 1. The molecule has 0 aromatic carbocycles. The average molecular weight is 658 g/mol. The Morgan fingerprint density at radius 2 is 1.20 bits per heavy atom. The molecule has 6 N–H and O–H groups in total. The van der Waals surface area contributed by atoms with Crippen molar-refractivity contribution in [2.45, 2.75) is 204 Å². The summed E-state index contributed by atoms with van der Waals surface area (Å²) in [5.41, 5.74) is 0. The van der Waals surface area contributed by atoms with E-state index in [2.05, 4.69) is 19.2 Å². The number of unbranched alkanes of at least 4 members (excludes halogenated alkanes) is 20. The first kappa shape index (κ1) is 43.0. The number of rotatable bonds is 30. The molecule has 0 saturated carbocycles. The summed E-state index contributed by atoms with van der Waals surface area (Å²) in [6.07, 6.45) is 22.7. The van der Waals surface area contributed by atoms with E-state index >= 15 is 0 Å². The van der Waals surface area contributed by atoms with Crippen LogP contribution in [-0.2, 0) is 14.3 Å². The van der Waals surface area contributed by atoms with Crippen LogP contribution in [0.15, 0.2) is 12.2 Å². The summed E-state index contributed by atoms with van der Waals surface area (Å²) in [7, 11) is 0. The molecule has 1 aliphatic rings. The lowest BCUT2D eigenvalue weighted by Crippen LogP contribution is -2.60. The Hall–Kier alpha value is -1.07. The number of carbonyl (C=O) groups is 1. The van der Waals surface area contributed by atoms with E-state index in [4.69, 9.17) is 9.47 Å². The summed E-state index contributed by atoms with van der Waals surface area (Å²) in [6.45, 7) is 3.70. The van der Waals surface area contributed by atoms with Gasteiger partial charge in [0.15, 0.2) is 6.29 Å². The van der Waals surface area contributed by atoms with Crippen LogP contribution in [0, 0.1) is 0 Å². The van der Waals surface area contributed by atoms with Crippen molar-refractivity contribution in [3.05, 3.63) is 12.2 Å². The molecule has 0 bridgehead atoms. The molecule has 272 valence electrons. The second kappa shape index (κ2) is 28.9. The third-order valence-electron chi connectivity index (χ3n) is 9.11. The highest BCUT2D eigenvalue weighted by molar-refractivity contribution is 5.76. The Kier molecular flexibility index (Phi) is 27.0. The molecular weight excluding hydrogens is 586 g/mol. The summed E-state index contributed by atoms with van der Waals surface area (Å²) < 4.78 is 11.1. The highest BCUT2D eigenvalue weighted by atomic mass is 16.7. The van der Waals surface area contributed by atoms with Crippen molar-refractivity contribution in [1.82, 2.24) is 5.32 Å². The van der Waals surface area contributed by atoms with Crippen LogP contribution in [0.3, 0.4) is 0 Å². The zero-order chi connectivity index (χ0) is 33.8.